The van der Waals surface area contributed by atoms with Gasteiger partial charge in [0.25, 0.3) is 0 Å². The Hall–Kier alpha value is -0.0300. The largest absolute Gasteiger partial charge is 0.492 e. The molecular weight excluding hydrogens is 345 g/mol. The number of thiocarbonyl (C=S) groups is 1. The molecule has 0 aliphatic heterocycles. The minimum Gasteiger partial charge on any atom is -0.492 e. The van der Waals surface area contributed by atoms with E-state index in [0.717, 1.165) is 23.7 Å². The molecule has 1 aromatic carbocycles. The van der Waals surface area contributed by atoms with Gasteiger partial charge in [-0.2, -0.15) is 0 Å². The molecule has 0 bridgehead atoms. The highest BCUT2D eigenvalue weighted by molar-refractivity contribution is 9.10. The first-order valence-corrected chi connectivity index (χ1v) is 7.02. The van der Waals surface area contributed by atoms with E-state index < -0.39 is 0 Å². The summed E-state index contributed by atoms with van der Waals surface area (Å²) in [6, 6.07) is 3.41. The summed E-state index contributed by atoms with van der Waals surface area (Å²) in [7, 11) is 0. The number of halogens is 3. The molecule has 2 N–H and O–H groups in total. The Morgan fingerprint density at radius 1 is 1.29 bits per heavy atom. The average Bonchev–Trinajstić information content (AvgIpc) is 2.24. The fourth-order valence-electron chi connectivity index (χ4n) is 1.20. The lowest BCUT2D eigenvalue weighted by molar-refractivity contribution is 0.308. The van der Waals surface area contributed by atoms with Crippen molar-refractivity contribution in [1.29, 1.82) is 0 Å². The van der Waals surface area contributed by atoms with Crippen LogP contribution in [0.5, 0.6) is 5.75 Å². The molecule has 0 radical (unpaired) electrons. The number of unbranched alkanes of at least 4 members (excludes halogenated alkanes) is 1. The van der Waals surface area contributed by atoms with Gasteiger partial charge >= 0.3 is 0 Å². The van der Waals surface area contributed by atoms with Gasteiger partial charge in [-0.1, -0.05) is 35.4 Å². The maximum Gasteiger partial charge on any atom is 0.139 e. The fraction of sp³-hybridized carbons (Fsp3) is 0.364. The highest BCUT2D eigenvalue weighted by atomic mass is 79.9. The lowest BCUT2D eigenvalue weighted by Crippen LogP contribution is -2.08. The van der Waals surface area contributed by atoms with Crippen LogP contribution in [0.3, 0.4) is 0 Å². The maximum atomic E-state index is 6.01. The molecule has 0 aromatic heterocycles. The summed E-state index contributed by atoms with van der Waals surface area (Å²) >= 11 is 20.0. The fourth-order valence-corrected chi connectivity index (χ4v) is 2.19. The zero-order chi connectivity index (χ0) is 12.8. The van der Waals surface area contributed by atoms with Crippen LogP contribution >= 0.6 is 51.3 Å². The van der Waals surface area contributed by atoms with Crippen molar-refractivity contribution in [2.75, 3.05) is 6.61 Å². The number of benzene rings is 1. The molecule has 0 saturated carbocycles. The Morgan fingerprint density at radius 3 is 2.65 bits per heavy atom. The van der Waals surface area contributed by atoms with Crippen LogP contribution in [0.2, 0.25) is 10.0 Å². The second-order valence-corrected chi connectivity index (χ2v) is 5.66. The number of nitrogens with two attached hydrogens (primary N) is 1. The molecule has 1 aromatic rings. The second kappa shape index (κ2) is 7.41. The van der Waals surface area contributed by atoms with Crippen molar-refractivity contribution in [1.82, 2.24) is 0 Å². The van der Waals surface area contributed by atoms with Gasteiger partial charge in [-0.25, -0.2) is 0 Å². The van der Waals surface area contributed by atoms with E-state index >= 15 is 0 Å². The number of ether oxygens (including phenoxy) is 1. The highest BCUT2D eigenvalue weighted by Crippen LogP contribution is 2.34. The van der Waals surface area contributed by atoms with E-state index in [1.54, 1.807) is 12.1 Å². The molecule has 0 spiro atoms. The Balaban J connectivity index is 2.41. The van der Waals surface area contributed by atoms with Crippen LogP contribution in [0.25, 0.3) is 0 Å². The molecule has 0 aliphatic carbocycles. The van der Waals surface area contributed by atoms with Gasteiger partial charge in [0, 0.05) is 10.5 Å². The zero-order valence-corrected chi connectivity index (χ0v) is 12.9. The van der Waals surface area contributed by atoms with Gasteiger partial charge in [-0.3, -0.25) is 0 Å². The van der Waals surface area contributed by atoms with E-state index in [9.17, 15) is 0 Å². The van der Waals surface area contributed by atoms with Gasteiger partial charge in [0.1, 0.15) is 5.75 Å². The van der Waals surface area contributed by atoms with Crippen molar-refractivity contribution in [3.63, 3.8) is 0 Å². The minimum atomic E-state index is 0.537. The molecule has 94 valence electrons. The highest BCUT2D eigenvalue weighted by Gasteiger charge is 2.06. The summed E-state index contributed by atoms with van der Waals surface area (Å²) in [6.07, 6.45) is 2.53. The van der Waals surface area contributed by atoms with Gasteiger partial charge in [-0.15, -0.1) is 0 Å². The second-order valence-electron chi connectivity index (χ2n) is 3.47. The van der Waals surface area contributed by atoms with E-state index in [1.165, 1.54) is 0 Å². The lowest BCUT2D eigenvalue weighted by atomic mass is 10.2. The van der Waals surface area contributed by atoms with Gasteiger partial charge in [0.05, 0.1) is 21.6 Å². The summed E-state index contributed by atoms with van der Waals surface area (Å²) in [4.78, 5) is 0.537. The lowest BCUT2D eigenvalue weighted by Gasteiger charge is -2.09. The van der Waals surface area contributed by atoms with Gasteiger partial charge in [0.15, 0.2) is 0 Å². The topological polar surface area (TPSA) is 35.2 Å². The van der Waals surface area contributed by atoms with Gasteiger partial charge < -0.3 is 10.5 Å². The third-order valence-corrected chi connectivity index (χ3v) is 3.75. The molecule has 1 rings (SSSR count). The maximum absolute atomic E-state index is 6.01. The first-order valence-electron chi connectivity index (χ1n) is 5.06. The van der Waals surface area contributed by atoms with E-state index in [-0.39, 0.29) is 0 Å². The first-order chi connectivity index (χ1) is 8.00. The number of hydrogen-bond donors (Lipinski definition) is 1. The predicted octanol–water partition coefficient (Wildman–Crippen LogP) is 4.59. The summed E-state index contributed by atoms with van der Waals surface area (Å²) in [6.45, 7) is 0.570. The standard InChI is InChI=1S/C11H12BrCl2NOS/c12-7-5-9(14)10(6-8(7)13)16-4-2-1-3-11(15)17/h5-6H,1-4H2,(H2,15,17). The molecular formula is C11H12BrCl2NOS. The average molecular weight is 357 g/mol. The molecule has 0 amide bonds. The zero-order valence-electron chi connectivity index (χ0n) is 9.01. The molecule has 0 unspecified atom stereocenters. The SMILES string of the molecule is NC(=S)CCCCOc1cc(Cl)c(Br)cc1Cl. The monoisotopic (exact) mass is 355 g/mol. The van der Waals surface area contributed by atoms with E-state index in [0.29, 0.717) is 27.4 Å². The predicted molar refractivity (Wildman–Crippen MR) is 80.3 cm³/mol. The normalized spacial score (nSPS) is 10.3. The van der Waals surface area contributed by atoms with E-state index in [1.807, 2.05) is 0 Å². The van der Waals surface area contributed by atoms with Crippen LogP contribution in [0.1, 0.15) is 19.3 Å². The molecule has 0 aliphatic rings. The molecule has 0 fully saturated rings. The molecule has 6 heteroatoms. The molecule has 0 saturated heterocycles. The Kier molecular flexibility index (Phi) is 6.55. The molecule has 0 atom stereocenters. The Morgan fingerprint density at radius 2 is 2.00 bits per heavy atom. The third kappa shape index (κ3) is 5.42. The summed E-state index contributed by atoms with van der Waals surface area (Å²) in [5.41, 5.74) is 5.39. The van der Waals surface area contributed by atoms with Gasteiger partial charge in [0.2, 0.25) is 0 Å². The van der Waals surface area contributed by atoms with Crippen LogP contribution in [-0.4, -0.2) is 11.6 Å². The van der Waals surface area contributed by atoms with E-state index in [4.69, 9.17) is 45.9 Å². The summed E-state index contributed by atoms with van der Waals surface area (Å²) in [5.74, 6) is 0.593. The number of hydrogen-bond acceptors (Lipinski definition) is 2. The molecule has 0 heterocycles. The van der Waals surface area contributed by atoms with Crippen LogP contribution in [-0.2, 0) is 0 Å². The van der Waals surface area contributed by atoms with Crippen molar-refractivity contribution < 1.29 is 4.74 Å². The van der Waals surface area contributed by atoms with E-state index in [2.05, 4.69) is 15.9 Å². The van der Waals surface area contributed by atoms with Crippen molar-refractivity contribution in [3.8, 4) is 5.75 Å². The quantitative estimate of drug-likeness (QED) is 0.460. The molecule has 17 heavy (non-hydrogen) atoms. The Bertz CT molecular complexity index is 415. The molecule has 2 nitrogen and oxygen atoms in total. The van der Waals surface area contributed by atoms with Crippen LogP contribution < -0.4 is 10.5 Å². The van der Waals surface area contributed by atoms with Crippen molar-refractivity contribution in [2.24, 2.45) is 5.73 Å². The Labute approximate surface area is 125 Å². The summed E-state index contributed by atoms with van der Waals surface area (Å²) < 4.78 is 6.29. The van der Waals surface area contributed by atoms with Crippen LogP contribution in [0.15, 0.2) is 16.6 Å². The first kappa shape index (κ1) is 15.0. The smallest absolute Gasteiger partial charge is 0.139 e. The minimum absolute atomic E-state index is 0.537. The summed E-state index contributed by atoms with van der Waals surface area (Å²) in [5, 5.41) is 1.11. The van der Waals surface area contributed by atoms with Gasteiger partial charge in [-0.05, 0) is 41.3 Å². The number of rotatable bonds is 6. The third-order valence-electron chi connectivity index (χ3n) is 2.05. The van der Waals surface area contributed by atoms with Crippen LogP contribution in [0.4, 0.5) is 0 Å². The van der Waals surface area contributed by atoms with Crippen molar-refractivity contribution in [2.45, 2.75) is 19.3 Å². The van der Waals surface area contributed by atoms with Crippen molar-refractivity contribution >= 4 is 56.3 Å². The van der Waals surface area contributed by atoms with Crippen LogP contribution in [0, 0.1) is 0 Å². The van der Waals surface area contributed by atoms with Crippen molar-refractivity contribution in [3.05, 3.63) is 26.7 Å².